The third-order valence-corrected chi connectivity index (χ3v) is 3.47. The van der Waals surface area contributed by atoms with Crippen molar-refractivity contribution in [3.8, 4) is 22.8 Å². The molecule has 0 aliphatic rings. The van der Waals surface area contributed by atoms with Crippen LogP contribution in [0.4, 0.5) is 0 Å². The van der Waals surface area contributed by atoms with E-state index in [-0.39, 0.29) is 12.6 Å². The number of carbonyl (C=O) groups is 1. The van der Waals surface area contributed by atoms with Gasteiger partial charge in [-0.1, -0.05) is 48.0 Å². The number of esters is 1. The van der Waals surface area contributed by atoms with Crippen molar-refractivity contribution in [2.45, 2.75) is 20.5 Å². The van der Waals surface area contributed by atoms with E-state index in [0.717, 1.165) is 22.3 Å². The summed E-state index contributed by atoms with van der Waals surface area (Å²) in [4.78, 5) is 15.6. The first-order valence-corrected chi connectivity index (χ1v) is 16.7. The normalized spacial score (nSPS) is 9.85. The summed E-state index contributed by atoms with van der Waals surface area (Å²) in [5.74, 6) is 0.994. The minimum absolute atomic E-state index is 0.214. The SMILES string of the molecule is CC(=O)OCc1ccccc1-c1nc(-c2cccc(C)c2)n[nH]1.[I][V][I]. The van der Waals surface area contributed by atoms with E-state index in [1.54, 1.807) is 0 Å². The number of halogens is 2. The third-order valence-electron chi connectivity index (χ3n) is 3.47. The maximum atomic E-state index is 11.0. The number of aryl methyl sites for hydroxylation is 1. The molecule has 0 unspecified atom stereocenters. The van der Waals surface area contributed by atoms with E-state index in [1.807, 2.05) is 55.5 Å². The van der Waals surface area contributed by atoms with Gasteiger partial charge in [-0.15, -0.1) is 0 Å². The number of ether oxygens (including phenoxy) is 1. The van der Waals surface area contributed by atoms with Crippen LogP contribution in [0, 0.1) is 6.92 Å². The van der Waals surface area contributed by atoms with Gasteiger partial charge in [0.15, 0.2) is 11.6 Å². The number of H-pyrrole nitrogens is 1. The fourth-order valence-corrected chi connectivity index (χ4v) is 2.35. The molecule has 135 valence electrons. The standard InChI is InChI=1S/C18H17N3O2.2HI.V/c1-12-6-5-8-14(10-12)17-19-18(21-20-17)16-9-4-3-7-15(16)11-23-13(2)22;;;/h3-10H,11H2,1-2H3,(H,19,20,21);2*1H;/q;;;+2/p-2. The Bertz CT molecular complexity index is 871. The van der Waals surface area contributed by atoms with Crippen molar-refractivity contribution in [1.29, 1.82) is 0 Å². The van der Waals surface area contributed by atoms with E-state index < -0.39 is 0 Å². The summed E-state index contributed by atoms with van der Waals surface area (Å²) in [5.41, 5.74) is 3.88. The van der Waals surface area contributed by atoms with Gasteiger partial charge in [0.25, 0.3) is 0 Å². The molecule has 0 amide bonds. The molecule has 0 radical (unpaired) electrons. The zero-order valence-corrected chi connectivity index (χ0v) is 20.0. The Hall–Kier alpha value is -0.906. The molecule has 0 saturated carbocycles. The molecule has 0 fully saturated rings. The van der Waals surface area contributed by atoms with Crippen molar-refractivity contribution in [3.05, 3.63) is 59.7 Å². The first-order chi connectivity index (χ1) is 12.5. The Labute approximate surface area is 181 Å². The number of rotatable bonds is 4. The van der Waals surface area contributed by atoms with Gasteiger partial charge < -0.3 is 4.74 Å². The minimum atomic E-state index is -0.308. The second-order valence-corrected chi connectivity index (χ2v) is 17.2. The summed E-state index contributed by atoms with van der Waals surface area (Å²) in [6, 6.07) is 15.7. The molecule has 0 spiro atoms. The molecule has 0 aliphatic carbocycles. The Morgan fingerprint density at radius 2 is 1.92 bits per heavy atom. The molecular weight excluding hydrogens is 595 g/mol. The van der Waals surface area contributed by atoms with Crippen molar-refractivity contribution in [1.82, 2.24) is 15.2 Å². The van der Waals surface area contributed by atoms with E-state index in [9.17, 15) is 4.79 Å². The van der Waals surface area contributed by atoms with Crippen molar-refractivity contribution in [2.24, 2.45) is 0 Å². The van der Waals surface area contributed by atoms with E-state index in [0.29, 0.717) is 21.1 Å². The first-order valence-electron chi connectivity index (χ1n) is 7.68. The second kappa shape index (κ2) is 11.1. The van der Waals surface area contributed by atoms with Crippen LogP contribution in [0.2, 0.25) is 0 Å². The van der Waals surface area contributed by atoms with Gasteiger partial charge in [0.1, 0.15) is 6.61 Å². The third kappa shape index (κ3) is 6.36. The van der Waals surface area contributed by atoms with Crippen LogP contribution in [0.1, 0.15) is 18.1 Å². The van der Waals surface area contributed by atoms with Crippen LogP contribution in [0.3, 0.4) is 0 Å². The molecule has 5 nitrogen and oxygen atoms in total. The first kappa shape index (κ1) is 21.4. The van der Waals surface area contributed by atoms with Crippen molar-refractivity contribution >= 4 is 45.9 Å². The summed E-state index contributed by atoms with van der Waals surface area (Å²) < 4.78 is 5.10. The fourth-order valence-electron chi connectivity index (χ4n) is 2.35. The predicted octanol–water partition coefficient (Wildman–Crippen LogP) is 5.28. The van der Waals surface area contributed by atoms with E-state index in [2.05, 4.69) is 55.1 Å². The monoisotopic (exact) mass is 612 g/mol. The average Bonchev–Trinajstić information content (AvgIpc) is 3.11. The van der Waals surface area contributed by atoms with Gasteiger partial charge in [0.05, 0.1) is 0 Å². The number of carbonyl (C=O) groups excluding carboxylic acids is 1. The van der Waals surface area contributed by atoms with Gasteiger partial charge in [-0.2, -0.15) is 5.10 Å². The zero-order valence-electron chi connectivity index (χ0n) is 14.2. The number of benzene rings is 2. The molecule has 3 aromatic rings. The van der Waals surface area contributed by atoms with Crippen LogP contribution in [-0.2, 0) is 25.6 Å². The molecule has 3 rings (SSSR count). The molecule has 1 N–H and O–H groups in total. The van der Waals surface area contributed by atoms with Gasteiger partial charge in [-0.05, 0) is 13.0 Å². The van der Waals surface area contributed by atoms with Gasteiger partial charge in [-0.3, -0.25) is 9.89 Å². The van der Waals surface area contributed by atoms with Gasteiger partial charge in [0, 0.05) is 23.6 Å². The molecule has 26 heavy (non-hydrogen) atoms. The zero-order chi connectivity index (χ0) is 18.9. The number of hydrogen-bond donors (Lipinski definition) is 1. The Morgan fingerprint density at radius 3 is 2.62 bits per heavy atom. The van der Waals surface area contributed by atoms with E-state index >= 15 is 0 Å². The van der Waals surface area contributed by atoms with Gasteiger partial charge in [-0.25, -0.2) is 4.98 Å². The van der Waals surface area contributed by atoms with Crippen LogP contribution in [0.15, 0.2) is 48.5 Å². The average molecular weight is 612 g/mol. The Balaban J connectivity index is 0.000000758. The molecule has 0 saturated heterocycles. The summed E-state index contributed by atoms with van der Waals surface area (Å²) in [7, 11) is 0.628. The fraction of sp³-hybridized carbons (Fsp3) is 0.167. The predicted molar refractivity (Wildman–Crippen MR) is 116 cm³/mol. The Morgan fingerprint density at radius 1 is 1.19 bits per heavy atom. The van der Waals surface area contributed by atoms with Gasteiger partial charge in [0.2, 0.25) is 0 Å². The summed E-state index contributed by atoms with van der Waals surface area (Å²) in [6.45, 7) is 3.64. The molecule has 0 aliphatic heterocycles. The summed E-state index contributed by atoms with van der Waals surface area (Å²) in [6.07, 6.45) is 0. The maximum absolute atomic E-state index is 11.0. The van der Waals surface area contributed by atoms with Crippen molar-refractivity contribution < 1.29 is 19.0 Å². The molecule has 0 atom stereocenters. The second-order valence-electron chi connectivity index (χ2n) is 5.38. The molecule has 1 aromatic heterocycles. The van der Waals surface area contributed by atoms with Crippen LogP contribution in [-0.4, -0.2) is 21.2 Å². The van der Waals surface area contributed by atoms with Crippen molar-refractivity contribution in [2.75, 3.05) is 0 Å². The molecule has 0 bridgehead atoms. The van der Waals surface area contributed by atoms with Crippen molar-refractivity contribution in [3.63, 3.8) is 0 Å². The number of nitrogens with zero attached hydrogens (tertiary/aromatic N) is 2. The topological polar surface area (TPSA) is 67.9 Å². The Kier molecular flexibility index (Phi) is 9.10. The van der Waals surface area contributed by atoms with Crippen LogP contribution in [0.25, 0.3) is 22.8 Å². The summed E-state index contributed by atoms with van der Waals surface area (Å²) >= 11 is 4.74. The van der Waals surface area contributed by atoms with Crippen LogP contribution < -0.4 is 0 Å². The van der Waals surface area contributed by atoms with Crippen LogP contribution in [0.5, 0.6) is 0 Å². The number of aromatic amines is 1. The van der Waals surface area contributed by atoms with Crippen LogP contribution >= 0.6 is 40.0 Å². The van der Waals surface area contributed by atoms with Gasteiger partial charge >= 0.3 is 55.4 Å². The molecular formula is C18H17I2N3O2V. The quantitative estimate of drug-likeness (QED) is 0.322. The van der Waals surface area contributed by atoms with E-state index in [1.165, 1.54) is 6.92 Å². The molecule has 2 aromatic carbocycles. The molecule has 8 heteroatoms. The number of hydrogen-bond acceptors (Lipinski definition) is 4. The number of aromatic nitrogens is 3. The van der Waals surface area contributed by atoms with E-state index in [4.69, 9.17) is 4.74 Å². The number of nitrogens with one attached hydrogen (secondary N) is 1. The summed E-state index contributed by atoms with van der Waals surface area (Å²) in [5, 5.41) is 7.26. The molecule has 1 heterocycles.